The van der Waals surface area contributed by atoms with Gasteiger partial charge in [-0.3, -0.25) is 0 Å². The second-order valence-electron chi connectivity index (χ2n) is 4.51. The van der Waals surface area contributed by atoms with Crippen molar-refractivity contribution in [3.8, 4) is 5.75 Å². The molecule has 4 nitrogen and oxygen atoms in total. The number of aromatic carboxylic acids is 1. The van der Waals surface area contributed by atoms with Gasteiger partial charge in [-0.15, -0.1) is 11.3 Å². The number of ether oxygens (including phenoxy) is 1. The third-order valence-electron chi connectivity index (χ3n) is 2.60. The van der Waals surface area contributed by atoms with E-state index in [0.717, 1.165) is 5.01 Å². The topological polar surface area (TPSA) is 59.4 Å². The number of benzene rings is 1. The van der Waals surface area contributed by atoms with Crippen molar-refractivity contribution < 1.29 is 14.6 Å². The van der Waals surface area contributed by atoms with E-state index in [-0.39, 0.29) is 17.4 Å². The molecule has 1 N–H and O–H groups in total. The number of carboxylic acids is 1. The number of carbonyl (C=O) groups is 1. The quantitative estimate of drug-likeness (QED) is 0.899. The van der Waals surface area contributed by atoms with Crippen molar-refractivity contribution in [2.75, 3.05) is 0 Å². The first kappa shape index (κ1) is 14.8. The molecule has 1 heterocycles. The monoisotopic (exact) mass is 311 g/mol. The summed E-state index contributed by atoms with van der Waals surface area (Å²) in [6.45, 7) is 4.04. The summed E-state index contributed by atoms with van der Waals surface area (Å²) in [7, 11) is 0. The van der Waals surface area contributed by atoms with Gasteiger partial charge in [0, 0.05) is 5.92 Å². The summed E-state index contributed by atoms with van der Waals surface area (Å²) in [6, 6.07) is 7.06. The SMILES string of the molecule is CC(C)c1nc(COc2ccccc2Cl)c(C(=O)O)s1. The Bertz CT molecular complexity index is 625. The van der Waals surface area contributed by atoms with E-state index in [1.807, 2.05) is 13.8 Å². The lowest BCUT2D eigenvalue weighted by atomic mass is 10.2. The van der Waals surface area contributed by atoms with Crippen LogP contribution in [0.4, 0.5) is 0 Å². The number of thiazole rings is 1. The number of aromatic nitrogens is 1. The van der Waals surface area contributed by atoms with Gasteiger partial charge in [-0.05, 0) is 12.1 Å². The fourth-order valence-electron chi connectivity index (χ4n) is 1.59. The van der Waals surface area contributed by atoms with Gasteiger partial charge in [-0.25, -0.2) is 9.78 Å². The lowest BCUT2D eigenvalue weighted by molar-refractivity contribution is 0.0699. The van der Waals surface area contributed by atoms with Crippen LogP contribution < -0.4 is 4.74 Å². The second kappa shape index (κ2) is 6.24. The van der Waals surface area contributed by atoms with Crippen LogP contribution in [0.25, 0.3) is 0 Å². The number of nitrogens with zero attached hydrogens (tertiary/aromatic N) is 1. The summed E-state index contributed by atoms with van der Waals surface area (Å²) in [5, 5.41) is 10.5. The Morgan fingerprint density at radius 3 is 2.75 bits per heavy atom. The molecule has 20 heavy (non-hydrogen) atoms. The van der Waals surface area contributed by atoms with Crippen molar-refractivity contribution in [1.29, 1.82) is 0 Å². The Balaban J connectivity index is 2.20. The first-order valence-corrected chi connectivity index (χ1v) is 7.28. The molecule has 106 valence electrons. The Morgan fingerprint density at radius 2 is 2.15 bits per heavy atom. The van der Waals surface area contributed by atoms with Gasteiger partial charge < -0.3 is 9.84 Å². The standard InChI is InChI=1S/C14H14ClNO3S/c1-8(2)13-16-10(12(20-13)14(17)18)7-19-11-6-4-3-5-9(11)15/h3-6,8H,7H2,1-2H3,(H,17,18). The number of halogens is 1. The van der Waals surface area contributed by atoms with Crippen molar-refractivity contribution in [1.82, 2.24) is 4.98 Å². The van der Waals surface area contributed by atoms with E-state index in [4.69, 9.17) is 16.3 Å². The molecule has 0 fully saturated rings. The summed E-state index contributed by atoms with van der Waals surface area (Å²) < 4.78 is 5.56. The maximum Gasteiger partial charge on any atom is 0.347 e. The molecule has 0 aliphatic rings. The Hall–Kier alpha value is -1.59. The zero-order valence-corrected chi connectivity index (χ0v) is 12.7. The fourth-order valence-corrected chi connectivity index (χ4v) is 2.69. The number of carboxylic acid groups (broad SMARTS) is 1. The highest BCUT2D eigenvalue weighted by Gasteiger charge is 2.19. The Labute approximate surface area is 126 Å². The first-order chi connectivity index (χ1) is 9.49. The molecule has 0 aliphatic carbocycles. The Kier molecular flexibility index (Phi) is 4.62. The highest BCUT2D eigenvalue weighted by Crippen LogP contribution is 2.28. The maximum atomic E-state index is 11.2. The largest absolute Gasteiger partial charge is 0.486 e. The van der Waals surface area contributed by atoms with Gasteiger partial charge in [-0.1, -0.05) is 37.6 Å². The number of rotatable bonds is 5. The molecule has 0 saturated carbocycles. The molecule has 2 aromatic rings. The lowest BCUT2D eigenvalue weighted by Gasteiger charge is -2.06. The summed E-state index contributed by atoms with van der Waals surface area (Å²) in [5.74, 6) is -0.274. The summed E-state index contributed by atoms with van der Waals surface area (Å²) in [4.78, 5) is 15.8. The molecule has 0 bridgehead atoms. The summed E-state index contributed by atoms with van der Waals surface area (Å²) in [6.07, 6.45) is 0. The predicted molar refractivity (Wildman–Crippen MR) is 78.9 cm³/mol. The molecule has 0 amide bonds. The molecule has 1 aromatic heterocycles. The van der Waals surface area contributed by atoms with Crippen LogP contribution in [-0.4, -0.2) is 16.1 Å². The zero-order chi connectivity index (χ0) is 14.7. The van der Waals surface area contributed by atoms with E-state index in [9.17, 15) is 9.90 Å². The minimum atomic E-state index is -0.979. The molecule has 1 aromatic carbocycles. The number of para-hydroxylation sites is 1. The van der Waals surface area contributed by atoms with Crippen LogP contribution in [0.3, 0.4) is 0 Å². The van der Waals surface area contributed by atoms with Crippen molar-refractivity contribution in [2.45, 2.75) is 26.4 Å². The van der Waals surface area contributed by atoms with Gasteiger partial charge >= 0.3 is 5.97 Å². The van der Waals surface area contributed by atoms with Crippen molar-refractivity contribution in [2.24, 2.45) is 0 Å². The molecule has 0 radical (unpaired) electrons. The molecule has 0 spiro atoms. The highest BCUT2D eigenvalue weighted by molar-refractivity contribution is 7.13. The lowest BCUT2D eigenvalue weighted by Crippen LogP contribution is -2.03. The molecular formula is C14H14ClNO3S. The van der Waals surface area contributed by atoms with Crippen molar-refractivity contribution in [3.63, 3.8) is 0 Å². The van der Waals surface area contributed by atoms with Gasteiger partial charge in [0.05, 0.1) is 10.0 Å². The molecule has 2 rings (SSSR count). The number of hydrogen-bond acceptors (Lipinski definition) is 4. The van der Waals surface area contributed by atoms with Crippen LogP contribution in [0.2, 0.25) is 5.02 Å². The van der Waals surface area contributed by atoms with Crippen LogP contribution in [0, 0.1) is 0 Å². The van der Waals surface area contributed by atoms with Crippen molar-refractivity contribution in [3.05, 3.63) is 44.9 Å². The normalized spacial score (nSPS) is 10.8. The predicted octanol–water partition coefficient (Wildman–Crippen LogP) is 4.20. The van der Waals surface area contributed by atoms with E-state index in [1.165, 1.54) is 11.3 Å². The third-order valence-corrected chi connectivity index (χ3v) is 4.30. The molecule has 0 atom stereocenters. The molecule has 0 unspecified atom stereocenters. The maximum absolute atomic E-state index is 11.2. The smallest absolute Gasteiger partial charge is 0.347 e. The zero-order valence-electron chi connectivity index (χ0n) is 11.1. The van der Waals surface area contributed by atoms with Gasteiger partial charge in [0.15, 0.2) is 0 Å². The van der Waals surface area contributed by atoms with Crippen LogP contribution in [-0.2, 0) is 6.61 Å². The van der Waals surface area contributed by atoms with Crippen LogP contribution in [0.1, 0.15) is 40.1 Å². The van der Waals surface area contributed by atoms with Gasteiger partial charge in [0.1, 0.15) is 22.9 Å². The summed E-state index contributed by atoms with van der Waals surface area (Å²) >= 11 is 7.18. The minimum absolute atomic E-state index is 0.0919. The van der Waals surface area contributed by atoms with Crippen LogP contribution >= 0.6 is 22.9 Å². The average molecular weight is 312 g/mol. The molecule has 0 aliphatic heterocycles. The van der Waals surface area contributed by atoms with E-state index in [2.05, 4.69) is 4.98 Å². The Morgan fingerprint density at radius 1 is 1.45 bits per heavy atom. The van der Waals surface area contributed by atoms with Crippen LogP contribution in [0.15, 0.2) is 24.3 Å². The summed E-state index contributed by atoms with van der Waals surface area (Å²) in [5.41, 5.74) is 0.436. The van der Waals surface area contributed by atoms with E-state index >= 15 is 0 Å². The first-order valence-electron chi connectivity index (χ1n) is 6.09. The highest BCUT2D eigenvalue weighted by atomic mass is 35.5. The fraction of sp³-hybridized carbons (Fsp3) is 0.286. The minimum Gasteiger partial charge on any atom is -0.486 e. The van der Waals surface area contributed by atoms with E-state index in [0.29, 0.717) is 16.5 Å². The van der Waals surface area contributed by atoms with Crippen molar-refractivity contribution >= 4 is 28.9 Å². The molecule has 0 saturated heterocycles. The molecular weight excluding hydrogens is 298 g/mol. The van der Waals surface area contributed by atoms with Gasteiger partial charge in [0.2, 0.25) is 0 Å². The second-order valence-corrected chi connectivity index (χ2v) is 5.94. The van der Waals surface area contributed by atoms with Crippen LogP contribution in [0.5, 0.6) is 5.75 Å². The molecule has 6 heteroatoms. The van der Waals surface area contributed by atoms with E-state index < -0.39 is 5.97 Å². The van der Waals surface area contributed by atoms with Gasteiger partial charge in [-0.2, -0.15) is 0 Å². The third kappa shape index (κ3) is 3.29. The van der Waals surface area contributed by atoms with E-state index in [1.54, 1.807) is 24.3 Å². The van der Waals surface area contributed by atoms with Gasteiger partial charge in [0.25, 0.3) is 0 Å². The number of hydrogen-bond donors (Lipinski definition) is 1. The average Bonchev–Trinajstić information content (AvgIpc) is 2.82.